The van der Waals surface area contributed by atoms with Crippen LogP contribution in [0.1, 0.15) is 18.1 Å². The molecule has 3 aromatic rings. The number of ether oxygens (including phenoxy) is 2. The molecular formula is C19H22ClN5O3. The molecule has 1 saturated heterocycles. The summed E-state index contributed by atoms with van der Waals surface area (Å²) in [6.45, 7) is 1.76. The third kappa shape index (κ3) is 3.50. The summed E-state index contributed by atoms with van der Waals surface area (Å²) in [6, 6.07) is 5.56. The summed E-state index contributed by atoms with van der Waals surface area (Å²) in [5, 5.41) is 7.81. The first-order valence-corrected chi connectivity index (χ1v) is 9.51. The Morgan fingerprint density at radius 2 is 2.32 bits per heavy atom. The van der Waals surface area contributed by atoms with Crippen LogP contribution in [0.25, 0.3) is 11.0 Å². The minimum Gasteiger partial charge on any atom is -0.383 e. The van der Waals surface area contributed by atoms with Crippen molar-refractivity contribution in [2.75, 3.05) is 25.6 Å². The van der Waals surface area contributed by atoms with Crippen molar-refractivity contribution in [3.63, 3.8) is 0 Å². The molecule has 1 aromatic carbocycles. The fourth-order valence-electron chi connectivity index (χ4n) is 3.52. The lowest BCUT2D eigenvalue weighted by atomic mass is 9.96. The van der Waals surface area contributed by atoms with Gasteiger partial charge in [0, 0.05) is 32.5 Å². The van der Waals surface area contributed by atoms with Gasteiger partial charge in [0.2, 0.25) is 11.9 Å². The van der Waals surface area contributed by atoms with Gasteiger partial charge in [-0.15, -0.1) is 0 Å². The van der Waals surface area contributed by atoms with Crippen LogP contribution in [0, 0.1) is 5.92 Å². The number of amides is 1. The summed E-state index contributed by atoms with van der Waals surface area (Å²) in [6.07, 6.45) is 3.98. The lowest BCUT2D eigenvalue weighted by Gasteiger charge is -2.16. The van der Waals surface area contributed by atoms with Gasteiger partial charge in [-0.05, 0) is 18.6 Å². The van der Waals surface area contributed by atoms with Crippen LogP contribution in [0.5, 0.6) is 0 Å². The predicted octanol–water partition coefficient (Wildman–Crippen LogP) is 2.79. The summed E-state index contributed by atoms with van der Waals surface area (Å²) in [5.74, 6) is 0.0339. The number of benzene rings is 1. The second kappa shape index (κ2) is 7.90. The first kappa shape index (κ1) is 18.9. The molecule has 1 aliphatic heterocycles. The fourth-order valence-corrected chi connectivity index (χ4v) is 3.73. The average Bonchev–Trinajstić information content (AvgIpc) is 3.40. The van der Waals surface area contributed by atoms with Gasteiger partial charge >= 0.3 is 0 Å². The quantitative estimate of drug-likeness (QED) is 0.684. The number of aromatic nitrogens is 4. The summed E-state index contributed by atoms with van der Waals surface area (Å²) in [7, 11) is 3.50. The van der Waals surface area contributed by atoms with E-state index in [1.165, 1.54) is 0 Å². The Morgan fingerprint density at radius 1 is 1.46 bits per heavy atom. The normalized spacial score (nSPS) is 19.4. The minimum atomic E-state index is -0.324. The molecule has 3 heterocycles. The number of anilines is 1. The Morgan fingerprint density at radius 3 is 3.11 bits per heavy atom. The average molecular weight is 404 g/mol. The largest absolute Gasteiger partial charge is 0.383 e. The highest BCUT2D eigenvalue weighted by atomic mass is 35.5. The van der Waals surface area contributed by atoms with Crippen molar-refractivity contribution in [2.24, 2.45) is 13.0 Å². The molecule has 0 unspecified atom stereocenters. The summed E-state index contributed by atoms with van der Waals surface area (Å²) in [4.78, 5) is 17.5. The van der Waals surface area contributed by atoms with E-state index in [2.05, 4.69) is 15.4 Å². The molecule has 0 spiro atoms. The van der Waals surface area contributed by atoms with E-state index in [-0.39, 0.29) is 17.9 Å². The molecule has 1 N–H and O–H groups in total. The third-order valence-corrected chi connectivity index (χ3v) is 5.34. The Hall–Kier alpha value is -2.42. The number of aryl methyl sites for hydroxylation is 1. The summed E-state index contributed by atoms with van der Waals surface area (Å²) in [5.41, 5.74) is 2.42. The van der Waals surface area contributed by atoms with Crippen molar-refractivity contribution in [1.82, 2.24) is 19.3 Å². The molecule has 0 radical (unpaired) electrons. The number of nitrogens with zero attached hydrogens (tertiary/aromatic N) is 4. The summed E-state index contributed by atoms with van der Waals surface area (Å²) < 4.78 is 14.5. The second-order valence-corrected chi connectivity index (χ2v) is 7.21. The number of carbonyl (C=O) groups excluding carboxylic acids is 1. The maximum Gasteiger partial charge on any atom is 0.232 e. The van der Waals surface area contributed by atoms with E-state index in [9.17, 15) is 4.79 Å². The van der Waals surface area contributed by atoms with Gasteiger partial charge in [0.1, 0.15) is 5.52 Å². The zero-order valence-electron chi connectivity index (χ0n) is 15.8. The lowest BCUT2D eigenvalue weighted by Crippen LogP contribution is -2.26. The second-order valence-electron chi connectivity index (χ2n) is 6.81. The Bertz CT molecular complexity index is 999. The van der Waals surface area contributed by atoms with E-state index in [4.69, 9.17) is 21.1 Å². The zero-order chi connectivity index (χ0) is 19.7. The number of halogens is 1. The molecule has 0 saturated carbocycles. The molecule has 148 valence electrons. The van der Waals surface area contributed by atoms with Gasteiger partial charge in [-0.3, -0.25) is 14.8 Å². The van der Waals surface area contributed by atoms with Crippen LogP contribution < -0.4 is 5.32 Å². The third-order valence-electron chi connectivity index (χ3n) is 5.03. The van der Waals surface area contributed by atoms with Crippen LogP contribution >= 0.6 is 11.6 Å². The van der Waals surface area contributed by atoms with Gasteiger partial charge in [0.15, 0.2) is 0 Å². The number of hydrogen-bond donors (Lipinski definition) is 1. The van der Waals surface area contributed by atoms with Crippen LogP contribution in [0.2, 0.25) is 5.02 Å². The fraction of sp³-hybridized carbons (Fsp3) is 0.421. The van der Waals surface area contributed by atoms with Crippen molar-refractivity contribution in [3.8, 4) is 0 Å². The maximum absolute atomic E-state index is 13.0. The standard InChI is InChI=1S/C19H22ClN5O3/c1-24-15-5-3-4-14(20)16(15)22-19(24)23-18(26)13-6-8-28-17(13)12-10-21-25(11-12)7-9-27-2/h3-5,10-11,13,17H,6-9H2,1-2H3,(H,22,23,26)/t13-,17+/m0/s1. The van der Waals surface area contributed by atoms with Crippen molar-refractivity contribution in [2.45, 2.75) is 19.1 Å². The molecule has 1 fully saturated rings. The Kier molecular flexibility index (Phi) is 5.34. The van der Waals surface area contributed by atoms with Crippen LogP contribution in [-0.4, -0.2) is 45.6 Å². The van der Waals surface area contributed by atoms with E-state index in [0.29, 0.717) is 42.7 Å². The van der Waals surface area contributed by atoms with E-state index in [0.717, 1.165) is 11.1 Å². The van der Waals surface area contributed by atoms with Crippen molar-refractivity contribution in [1.29, 1.82) is 0 Å². The van der Waals surface area contributed by atoms with E-state index >= 15 is 0 Å². The highest BCUT2D eigenvalue weighted by Crippen LogP contribution is 2.35. The van der Waals surface area contributed by atoms with Gasteiger partial charge < -0.3 is 14.0 Å². The molecule has 1 amide bonds. The van der Waals surface area contributed by atoms with Gasteiger partial charge in [-0.1, -0.05) is 17.7 Å². The molecule has 4 rings (SSSR count). The molecular weight excluding hydrogens is 382 g/mol. The van der Waals surface area contributed by atoms with Gasteiger partial charge in [-0.25, -0.2) is 4.98 Å². The highest BCUT2D eigenvalue weighted by Gasteiger charge is 2.36. The molecule has 2 aromatic heterocycles. The number of methoxy groups -OCH3 is 1. The lowest BCUT2D eigenvalue weighted by molar-refractivity contribution is -0.121. The van der Waals surface area contributed by atoms with Crippen molar-refractivity contribution < 1.29 is 14.3 Å². The van der Waals surface area contributed by atoms with Gasteiger partial charge in [-0.2, -0.15) is 5.10 Å². The number of fused-ring (bicyclic) bond motifs is 1. The Labute approximate surface area is 167 Å². The molecule has 9 heteroatoms. The smallest absolute Gasteiger partial charge is 0.232 e. The van der Waals surface area contributed by atoms with Crippen LogP contribution in [-0.2, 0) is 27.9 Å². The molecule has 8 nitrogen and oxygen atoms in total. The monoisotopic (exact) mass is 403 g/mol. The number of rotatable bonds is 6. The van der Waals surface area contributed by atoms with Crippen molar-refractivity contribution >= 4 is 34.5 Å². The van der Waals surface area contributed by atoms with Crippen LogP contribution in [0.4, 0.5) is 5.95 Å². The van der Waals surface area contributed by atoms with Gasteiger partial charge in [0.25, 0.3) is 0 Å². The van der Waals surface area contributed by atoms with E-state index in [1.807, 2.05) is 29.9 Å². The first-order valence-electron chi connectivity index (χ1n) is 9.13. The molecule has 1 aliphatic rings. The number of nitrogens with one attached hydrogen (secondary N) is 1. The first-order chi connectivity index (χ1) is 13.6. The molecule has 2 atom stereocenters. The molecule has 0 aliphatic carbocycles. The predicted molar refractivity (Wildman–Crippen MR) is 105 cm³/mol. The number of para-hydroxylation sites is 1. The molecule has 28 heavy (non-hydrogen) atoms. The van der Waals surface area contributed by atoms with Crippen LogP contribution in [0.15, 0.2) is 30.6 Å². The van der Waals surface area contributed by atoms with Crippen molar-refractivity contribution in [3.05, 3.63) is 41.2 Å². The topological polar surface area (TPSA) is 83.2 Å². The Balaban J connectivity index is 1.52. The zero-order valence-corrected chi connectivity index (χ0v) is 16.5. The minimum absolute atomic E-state index is 0.123. The van der Waals surface area contributed by atoms with E-state index in [1.54, 1.807) is 24.1 Å². The number of imidazole rings is 1. The highest BCUT2D eigenvalue weighted by molar-refractivity contribution is 6.35. The SMILES string of the molecule is COCCn1cc([C@H]2OCC[C@@H]2C(=O)Nc2nc3c(Cl)cccc3n2C)cn1. The van der Waals surface area contributed by atoms with E-state index < -0.39 is 0 Å². The summed E-state index contributed by atoms with van der Waals surface area (Å²) >= 11 is 6.22. The number of carbonyl (C=O) groups is 1. The van der Waals surface area contributed by atoms with Crippen LogP contribution in [0.3, 0.4) is 0 Å². The van der Waals surface area contributed by atoms with Gasteiger partial charge in [0.05, 0.1) is 41.9 Å². The maximum atomic E-state index is 13.0. The number of hydrogen-bond acceptors (Lipinski definition) is 5. The molecule has 0 bridgehead atoms.